The second kappa shape index (κ2) is 14.6. The molecule has 2 saturated heterocycles. The summed E-state index contributed by atoms with van der Waals surface area (Å²) < 4.78 is 74.1. The number of urea groups is 1. The number of imide groups is 1. The molecule has 3 amide bonds. The lowest BCUT2D eigenvalue weighted by Gasteiger charge is -2.43. The van der Waals surface area contributed by atoms with Crippen molar-refractivity contribution in [2.24, 2.45) is 0 Å². The smallest absolute Gasteiger partial charge is 0.417 e. The third-order valence-corrected chi connectivity index (χ3v) is 8.07. The number of esters is 4. The molecule has 2 heterocycles. The fraction of sp³-hybridized carbons (Fsp3) is 0.424. The van der Waals surface area contributed by atoms with Crippen LogP contribution in [0.3, 0.4) is 0 Å². The highest BCUT2D eigenvalue weighted by molar-refractivity contribution is 6.23. The number of halogens is 3. The van der Waals surface area contributed by atoms with Gasteiger partial charge >= 0.3 is 36.1 Å². The number of amides is 3. The van der Waals surface area contributed by atoms with Gasteiger partial charge in [-0.25, -0.2) is 9.69 Å². The molecule has 0 saturated carbocycles. The van der Waals surface area contributed by atoms with Crippen LogP contribution < -0.4 is 9.64 Å². The molecule has 272 valence electrons. The van der Waals surface area contributed by atoms with E-state index in [4.69, 9.17) is 33.7 Å². The van der Waals surface area contributed by atoms with Gasteiger partial charge in [0.15, 0.2) is 12.2 Å². The molecular weight excluding hydrogens is 687 g/mol. The van der Waals surface area contributed by atoms with Crippen LogP contribution in [-0.2, 0) is 59.4 Å². The average molecular weight is 720 g/mol. The third-order valence-electron chi connectivity index (χ3n) is 8.07. The molecular formula is C33H32F3N3O12. The van der Waals surface area contributed by atoms with E-state index in [2.05, 4.69) is 0 Å². The molecule has 2 aliphatic rings. The van der Waals surface area contributed by atoms with Crippen LogP contribution in [0.1, 0.15) is 51.3 Å². The number of anilines is 1. The molecule has 18 heteroatoms. The highest BCUT2D eigenvalue weighted by atomic mass is 19.4. The zero-order chi connectivity index (χ0) is 38.0. The Bertz CT molecular complexity index is 1780. The van der Waals surface area contributed by atoms with Gasteiger partial charge in [0.25, 0.3) is 5.91 Å². The van der Waals surface area contributed by atoms with E-state index in [9.17, 15) is 41.9 Å². The van der Waals surface area contributed by atoms with Gasteiger partial charge in [-0.2, -0.15) is 18.4 Å². The second-order valence-electron chi connectivity index (χ2n) is 11.6. The van der Waals surface area contributed by atoms with Crippen LogP contribution in [0.15, 0.2) is 42.5 Å². The van der Waals surface area contributed by atoms with Crippen LogP contribution in [0.25, 0.3) is 0 Å². The second-order valence-corrected chi connectivity index (χ2v) is 11.6. The molecule has 2 fully saturated rings. The van der Waals surface area contributed by atoms with Crippen LogP contribution in [0, 0.1) is 11.3 Å². The normalized spacial score (nSPS) is 24.7. The number of likely N-dealkylation sites (N-methyl/N-ethyl adjacent to an activating group) is 1. The summed E-state index contributed by atoms with van der Waals surface area (Å²) >= 11 is 0. The predicted octanol–water partition coefficient (Wildman–Crippen LogP) is 3.35. The summed E-state index contributed by atoms with van der Waals surface area (Å²) in [4.78, 5) is 76.5. The number of rotatable bonds is 9. The Morgan fingerprint density at radius 1 is 0.882 bits per heavy atom. The Morgan fingerprint density at radius 3 is 1.98 bits per heavy atom. The summed E-state index contributed by atoms with van der Waals surface area (Å²) in [5.41, 5.74) is -3.91. The van der Waals surface area contributed by atoms with E-state index < -0.39 is 102 Å². The molecule has 51 heavy (non-hydrogen) atoms. The van der Waals surface area contributed by atoms with Crippen molar-refractivity contribution in [3.05, 3.63) is 59.2 Å². The van der Waals surface area contributed by atoms with Crippen molar-refractivity contribution in [2.75, 3.05) is 18.6 Å². The number of hydrogen-bond donors (Lipinski definition) is 0. The largest absolute Gasteiger partial charge is 0.463 e. The minimum absolute atomic E-state index is 0.0291. The number of nitriles is 1. The summed E-state index contributed by atoms with van der Waals surface area (Å²) in [7, 11) is 1.29. The van der Waals surface area contributed by atoms with E-state index >= 15 is 0 Å². The zero-order valence-electron chi connectivity index (χ0n) is 28.0. The fourth-order valence-corrected chi connectivity index (χ4v) is 5.61. The molecule has 15 nitrogen and oxygen atoms in total. The Hall–Kier alpha value is -5.70. The van der Waals surface area contributed by atoms with Gasteiger partial charge in [0.05, 0.1) is 22.9 Å². The number of benzene rings is 2. The first kappa shape index (κ1) is 38.1. The number of carbonyl (C=O) groups is 6. The van der Waals surface area contributed by atoms with E-state index in [1.807, 2.05) is 0 Å². The van der Waals surface area contributed by atoms with Crippen molar-refractivity contribution in [3.8, 4) is 11.8 Å². The summed E-state index contributed by atoms with van der Waals surface area (Å²) in [6.07, 6.45) is -12.2. The average Bonchev–Trinajstić information content (AvgIpc) is 3.21. The van der Waals surface area contributed by atoms with E-state index in [1.54, 1.807) is 0 Å². The van der Waals surface area contributed by atoms with Gasteiger partial charge in [-0.3, -0.25) is 24.0 Å². The monoisotopic (exact) mass is 719 g/mol. The maximum Gasteiger partial charge on any atom is 0.417 e. The number of carbonyl (C=O) groups excluding carboxylic acids is 6. The van der Waals surface area contributed by atoms with Gasteiger partial charge in [0.2, 0.25) is 12.4 Å². The summed E-state index contributed by atoms with van der Waals surface area (Å²) in [6, 6.07) is 8.50. The van der Waals surface area contributed by atoms with Crippen molar-refractivity contribution in [3.63, 3.8) is 0 Å². The van der Waals surface area contributed by atoms with Crippen LogP contribution >= 0.6 is 0 Å². The lowest BCUT2D eigenvalue weighted by atomic mass is 9.90. The van der Waals surface area contributed by atoms with Crippen LogP contribution in [0.4, 0.5) is 23.7 Å². The molecule has 0 bridgehead atoms. The summed E-state index contributed by atoms with van der Waals surface area (Å²) in [5.74, 6) is -4.08. The maximum absolute atomic E-state index is 13.8. The SMILES string of the molecule is CC(=O)OC[C@H]1O[C@@H](Oc2ccc([C@]3(C)C(=O)N(c4ccc(C#N)c(C(F)(F)F)c4)C(=O)N3C)cc2)[C@H](OC(C)=O)[C@@H](OC(C)=O)[C@@H]1OC(C)=O. The minimum Gasteiger partial charge on any atom is -0.463 e. The molecule has 0 unspecified atom stereocenters. The molecule has 0 spiro atoms. The molecule has 0 aromatic heterocycles. The number of alkyl halides is 3. The first-order valence-corrected chi connectivity index (χ1v) is 15.1. The maximum atomic E-state index is 13.8. The lowest BCUT2D eigenvalue weighted by Crippen LogP contribution is -2.63. The van der Waals surface area contributed by atoms with E-state index in [0.29, 0.717) is 11.0 Å². The lowest BCUT2D eigenvalue weighted by molar-refractivity contribution is -0.288. The zero-order valence-corrected chi connectivity index (χ0v) is 28.0. The van der Waals surface area contributed by atoms with Crippen LogP contribution in [0.5, 0.6) is 5.75 Å². The summed E-state index contributed by atoms with van der Waals surface area (Å²) in [5, 5.41) is 9.14. The van der Waals surface area contributed by atoms with Gasteiger partial charge in [-0.1, -0.05) is 12.1 Å². The molecule has 0 radical (unpaired) electrons. The van der Waals surface area contributed by atoms with Crippen molar-refractivity contribution in [2.45, 2.75) is 77.0 Å². The molecule has 2 aliphatic heterocycles. The fourth-order valence-electron chi connectivity index (χ4n) is 5.61. The van der Waals surface area contributed by atoms with E-state index in [0.717, 1.165) is 44.7 Å². The third kappa shape index (κ3) is 7.88. The van der Waals surface area contributed by atoms with Crippen molar-refractivity contribution < 1.29 is 70.4 Å². The summed E-state index contributed by atoms with van der Waals surface area (Å²) in [6.45, 7) is 5.21. The van der Waals surface area contributed by atoms with Gasteiger partial charge in [-0.15, -0.1) is 0 Å². The first-order valence-electron chi connectivity index (χ1n) is 15.1. The van der Waals surface area contributed by atoms with Gasteiger partial charge in [-0.05, 0) is 42.8 Å². The number of ether oxygens (including phenoxy) is 6. The molecule has 0 aliphatic carbocycles. The Kier molecular flexibility index (Phi) is 10.9. The topological polar surface area (TPSA) is 188 Å². The van der Waals surface area contributed by atoms with Crippen LogP contribution in [-0.4, -0.2) is 85.1 Å². The van der Waals surface area contributed by atoms with Crippen molar-refractivity contribution in [1.82, 2.24) is 4.90 Å². The number of nitrogens with zero attached hydrogens (tertiary/aromatic N) is 3. The Labute approximate surface area is 288 Å². The quantitative estimate of drug-likeness (QED) is 0.209. The van der Waals surface area contributed by atoms with Gasteiger partial charge < -0.3 is 33.3 Å². The molecule has 4 rings (SSSR count). The molecule has 2 aromatic carbocycles. The molecule has 0 N–H and O–H groups in total. The van der Waals surface area contributed by atoms with Gasteiger partial charge in [0.1, 0.15) is 24.0 Å². The Morgan fingerprint density at radius 2 is 1.45 bits per heavy atom. The molecule has 6 atom stereocenters. The van der Waals surface area contributed by atoms with Gasteiger partial charge in [0, 0.05) is 34.7 Å². The first-order chi connectivity index (χ1) is 23.8. The van der Waals surface area contributed by atoms with E-state index in [-0.39, 0.29) is 11.3 Å². The van der Waals surface area contributed by atoms with Crippen LogP contribution in [0.2, 0.25) is 0 Å². The minimum atomic E-state index is -4.94. The highest BCUT2D eigenvalue weighted by Crippen LogP contribution is 2.41. The highest BCUT2D eigenvalue weighted by Gasteiger charge is 2.55. The van der Waals surface area contributed by atoms with Crippen molar-refractivity contribution in [1.29, 1.82) is 5.26 Å². The standard InChI is InChI=1S/C33H32F3N3O12/c1-16(40)46-15-25-26(47-17(2)41)27(48-18(3)42)28(49-19(4)43)29(51-25)50-23-11-8-21(9-12-23)32(5)30(44)39(31(45)38(32)6)22-10-7-20(14-37)24(13-22)33(34,35)36/h7-13,25-29H,15H2,1-6H3/t25-,26-,27+,28-,29-,32-/m1/s1. The Balaban J connectivity index is 1.67. The van der Waals surface area contributed by atoms with Crippen molar-refractivity contribution >= 4 is 41.5 Å². The number of hydrogen-bond acceptors (Lipinski definition) is 13. The van der Waals surface area contributed by atoms with E-state index in [1.165, 1.54) is 44.3 Å². The molecule has 2 aromatic rings. The predicted molar refractivity (Wildman–Crippen MR) is 163 cm³/mol.